The van der Waals surface area contributed by atoms with Gasteiger partial charge in [-0.3, -0.25) is 10.1 Å². The highest BCUT2D eigenvalue weighted by atomic mass is 32.2. The van der Waals surface area contributed by atoms with Crippen LogP contribution >= 0.6 is 11.3 Å². The van der Waals surface area contributed by atoms with Gasteiger partial charge in [-0.2, -0.15) is 0 Å². The molecule has 2 aromatic heterocycles. The number of benzene rings is 1. The van der Waals surface area contributed by atoms with Crippen molar-refractivity contribution in [2.75, 3.05) is 25.5 Å². The molecule has 38 heavy (non-hydrogen) atoms. The largest absolute Gasteiger partial charge is 0.478 e. The highest BCUT2D eigenvalue weighted by molar-refractivity contribution is 7.92. The molecule has 0 spiro atoms. The normalized spacial score (nSPS) is 16.6. The Morgan fingerprint density at radius 3 is 2.55 bits per heavy atom. The van der Waals surface area contributed by atoms with Gasteiger partial charge in [-0.05, 0) is 76.7 Å². The zero-order chi connectivity index (χ0) is 26.5. The Kier molecular flexibility index (Phi) is 8.20. The summed E-state index contributed by atoms with van der Waals surface area (Å²) in [4.78, 5) is 28.9. The standard InChI is InChI=1S/C26H31N5O5S2/c1-27-15-4-16-35-22-14-13-21-25(29-22)37-26(28-21)30-24(32)23(31-36-18-5-2-3-6-18)17-7-9-19(10-8-17)38(33,34)20-11-12-20/h7-10,13-14,18,20,27H,2-6,11-12,15-16H2,1H3,(H,28,30,32)/b31-23+. The Labute approximate surface area is 225 Å². The van der Waals surface area contributed by atoms with Crippen LogP contribution in [0.2, 0.25) is 0 Å². The minimum atomic E-state index is -3.33. The van der Waals surface area contributed by atoms with Crippen molar-refractivity contribution < 1.29 is 22.8 Å². The van der Waals surface area contributed by atoms with E-state index in [9.17, 15) is 13.2 Å². The third-order valence-electron chi connectivity index (χ3n) is 6.50. The number of pyridine rings is 1. The fourth-order valence-electron chi connectivity index (χ4n) is 4.24. The van der Waals surface area contributed by atoms with Crippen molar-refractivity contribution in [1.82, 2.24) is 15.3 Å². The lowest BCUT2D eigenvalue weighted by molar-refractivity contribution is -0.110. The Hall–Kier alpha value is -3.09. The number of hydrogen-bond donors (Lipinski definition) is 2. The van der Waals surface area contributed by atoms with E-state index in [1.807, 2.05) is 7.05 Å². The van der Waals surface area contributed by atoms with E-state index in [2.05, 4.69) is 25.8 Å². The van der Waals surface area contributed by atoms with Crippen molar-refractivity contribution in [1.29, 1.82) is 0 Å². The van der Waals surface area contributed by atoms with E-state index in [0.29, 0.717) is 46.4 Å². The molecule has 0 bridgehead atoms. The van der Waals surface area contributed by atoms with E-state index in [1.54, 1.807) is 24.3 Å². The van der Waals surface area contributed by atoms with Gasteiger partial charge in [-0.25, -0.2) is 18.4 Å². The Bertz CT molecular complexity index is 1410. The molecule has 12 heteroatoms. The van der Waals surface area contributed by atoms with Crippen LogP contribution in [0, 0.1) is 0 Å². The number of rotatable bonds is 12. The molecule has 2 saturated carbocycles. The number of sulfone groups is 1. The molecular weight excluding hydrogens is 526 g/mol. The Morgan fingerprint density at radius 1 is 1.08 bits per heavy atom. The van der Waals surface area contributed by atoms with Crippen molar-refractivity contribution in [3.63, 3.8) is 0 Å². The number of aromatic nitrogens is 2. The van der Waals surface area contributed by atoms with Crippen LogP contribution in [-0.4, -0.2) is 61.6 Å². The quantitative estimate of drug-likeness (QED) is 0.195. The maximum atomic E-state index is 13.3. The van der Waals surface area contributed by atoms with Gasteiger partial charge in [0, 0.05) is 11.6 Å². The zero-order valence-corrected chi connectivity index (χ0v) is 22.8. The molecule has 2 heterocycles. The number of amides is 1. The van der Waals surface area contributed by atoms with E-state index < -0.39 is 15.7 Å². The zero-order valence-electron chi connectivity index (χ0n) is 21.2. The van der Waals surface area contributed by atoms with Gasteiger partial charge < -0.3 is 14.9 Å². The van der Waals surface area contributed by atoms with Crippen LogP contribution in [0.1, 0.15) is 50.5 Å². The minimum Gasteiger partial charge on any atom is -0.478 e. The van der Waals surface area contributed by atoms with Crippen LogP contribution in [0.25, 0.3) is 10.3 Å². The maximum Gasteiger partial charge on any atom is 0.280 e. The average Bonchev–Trinajstić information content (AvgIpc) is 3.52. The van der Waals surface area contributed by atoms with Gasteiger partial charge in [0.2, 0.25) is 5.88 Å². The molecule has 0 radical (unpaired) electrons. The molecular formula is C26H31N5O5S2. The van der Waals surface area contributed by atoms with E-state index in [4.69, 9.17) is 9.57 Å². The molecule has 202 valence electrons. The number of thiazole rings is 1. The maximum absolute atomic E-state index is 13.3. The monoisotopic (exact) mass is 557 g/mol. The number of hydrogen-bond acceptors (Lipinski definition) is 10. The fraction of sp³-hybridized carbons (Fsp3) is 0.462. The summed E-state index contributed by atoms with van der Waals surface area (Å²) in [6.07, 6.45) is 6.11. The SMILES string of the molecule is CNCCCOc1ccc2nc(NC(=O)/C(=N/OC3CCCC3)c3ccc(S(=O)(=O)C4CC4)cc3)sc2n1. The Morgan fingerprint density at radius 2 is 1.84 bits per heavy atom. The molecule has 1 aromatic carbocycles. The molecule has 0 saturated heterocycles. The molecule has 2 aliphatic carbocycles. The first-order valence-electron chi connectivity index (χ1n) is 12.9. The molecule has 0 aliphatic heterocycles. The second-order valence-electron chi connectivity index (χ2n) is 9.47. The van der Waals surface area contributed by atoms with E-state index >= 15 is 0 Å². The predicted octanol–water partition coefficient (Wildman–Crippen LogP) is 3.92. The summed E-state index contributed by atoms with van der Waals surface area (Å²) < 4.78 is 30.9. The van der Waals surface area contributed by atoms with Crippen molar-refractivity contribution in [2.45, 2.75) is 61.2 Å². The number of oxime groups is 1. The number of carbonyl (C=O) groups excluding carboxylic acids is 1. The van der Waals surface area contributed by atoms with Crippen LogP contribution in [0.15, 0.2) is 46.4 Å². The highest BCUT2D eigenvalue weighted by Gasteiger charge is 2.36. The summed E-state index contributed by atoms with van der Waals surface area (Å²) in [7, 11) is -1.44. The van der Waals surface area contributed by atoms with Gasteiger partial charge in [-0.1, -0.05) is 28.6 Å². The topological polar surface area (TPSA) is 132 Å². The van der Waals surface area contributed by atoms with Gasteiger partial charge in [0.25, 0.3) is 5.91 Å². The van der Waals surface area contributed by atoms with Crippen molar-refractivity contribution in [3.05, 3.63) is 42.0 Å². The second kappa shape index (κ2) is 11.7. The summed E-state index contributed by atoms with van der Waals surface area (Å²) in [6, 6.07) is 9.82. The number of anilines is 1. The summed E-state index contributed by atoms with van der Waals surface area (Å²) in [5, 5.41) is 10.2. The molecule has 0 atom stereocenters. The summed E-state index contributed by atoms with van der Waals surface area (Å²) in [5.41, 5.74) is 1.17. The van der Waals surface area contributed by atoms with Crippen molar-refractivity contribution >= 4 is 48.3 Å². The smallest absolute Gasteiger partial charge is 0.280 e. The van der Waals surface area contributed by atoms with Gasteiger partial charge >= 0.3 is 0 Å². The summed E-state index contributed by atoms with van der Waals surface area (Å²) in [6.45, 7) is 1.40. The number of ether oxygens (including phenoxy) is 1. The van der Waals surface area contributed by atoms with E-state index in [1.165, 1.54) is 23.5 Å². The lowest BCUT2D eigenvalue weighted by atomic mass is 10.1. The molecule has 2 aliphatic rings. The van der Waals surface area contributed by atoms with Crippen LogP contribution in [0.4, 0.5) is 5.13 Å². The molecule has 0 unspecified atom stereocenters. The van der Waals surface area contributed by atoms with Crippen LogP contribution in [-0.2, 0) is 19.5 Å². The van der Waals surface area contributed by atoms with Gasteiger partial charge in [0.15, 0.2) is 20.7 Å². The van der Waals surface area contributed by atoms with Crippen molar-refractivity contribution in [2.24, 2.45) is 5.16 Å². The third-order valence-corrected chi connectivity index (χ3v) is 9.66. The number of nitrogens with zero attached hydrogens (tertiary/aromatic N) is 3. The number of fused-ring (bicyclic) bond motifs is 1. The predicted molar refractivity (Wildman–Crippen MR) is 147 cm³/mol. The van der Waals surface area contributed by atoms with Gasteiger partial charge in [0.05, 0.1) is 16.8 Å². The van der Waals surface area contributed by atoms with E-state index in [-0.39, 0.29) is 22.0 Å². The van der Waals surface area contributed by atoms with E-state index in [0.717, 1.165) is 38.6 Å². The van der Waals surface area contributed by atoms with Crippen LogP contribution in [0.3, 0.4) is 0 Å². The van der Waals surface area contributed by atoms with Crippen LogP contribution in [0.5, 0.6) is 5.88 Å². The molecule has 3 aromatic rings. The third kappa shape index (κ3) is 6.30. The minimum absolute atomic E-state index is 0.0366. The fourth-order valence-corrected chi connectivity index (χ4v) is 6.72. The second-order valence-corrected chi connectivity index (χ2v) is 12.7. The number of carbonyl (C=O) groups is 1. The lowest BCUT2D eigenvalue weighted by Gasteiger charge is -2.11. The summed E-state index contributed by atoms with van der Waals surface area (Å²) in [5.74, 6) is 0.00646. The first-order valence-corrected chi connectivity index (χ1v) is 15.2. The molecule has 5 rings (SSSR count). The van der Waals surface area contributed by atoms with Crippen LogP contribution < -0.4 is 15.4 Å². The van der Waals surface area contributed by atoms with Gasteiger partial charge in [0.1, 0.15) is 16.5 Å². The first-order chi connectivity index (χ1) is 18.4. The van der Waals surface area contributed by atoms with Gasteiger partial charge in [-0.15, -0.1) is 0 Å². The lowest BCUT2D eigenvalue weighted by Crippen LogP contribution is -2.25. The average molecular weight is 558 g/mol. The number of nitrogens with one attached hydrogen (secondary N) is 2. The van der Waals surface area contributed by atoms with Crippen molar-refractivity contribution in [3.8, 4) is 5.88 Å². The Balaban J connectivity index is 1.33. The first kappa shape index (κ1) is 26.5. The molecule has 10 nitrogen and oxygen atoms in total. The molecule has 2 fully saturated rings. The molecule has 1 amide bonds. The highest BCUT2D eigenvalue weighted by Crippen LogP contribution is 2.33. The summed E-state index contributed by atoms with van der Waals surface area (Å²) >= 11 is 1.23. The molecule has 2 N–H and O–H groups in total.